The van der Waals surface area contributed by atoms with E-state index in [-0.39, 0.29) is 6.61 Å². The molecule has 0 fully saturated rings. The molecule has 2 rings (SSSR count). The monoisotopic (exact) mass is 353 g/mol. The summed E-state index contributed by atoms with van der Waals surface area (Å²) < 4.78 is 5.93. The Balaban J connectivity index is 2.07. The first-order valence-electron chi connectivity index (χ1n) is 7.58. The molecule has 0 amide bonds. The highest BCUT2D eigenvalue weighted by atomic mass is 35.5. The van der Waals surface area contributed by atoms with Crippen LogP contribution in [0.15, 0.2) is 36.4 Å². The highest BCUT2D eigenvalue weighted by molar-refractivity contribution is 6.35. The normalized spacial score (nSPS) is 10.8. The van der Waals surface area contributed by atoms with Crippen molar-refractivity contribution in [1.82, 2.24) is 5.32 Å². The molecule has 0 bridgehead atoms. The molecule has 2 aromatic carbocycles. The zero-order chi connectivity index (χ0) is 16.7. The minimum atomic E-state index is 0.167. The third kappa shape index (κ3) is 5.70. The second-order valence-electron chi connectivity index (χ2n) is 5.40. The Morgan fingerprint density at radius 3 is 2.57 bits per heavy atom. The molecule has 2 aromatic rings. The number of hydrogen-bond acceptors (Lipinski definition) is 3. The summed E-state index contributed by atoms with van der Waals surface area (Å²) in [5, 5.41) is 13.2. The van der Waals surface area contributed by atoms with Gasteiger partial charge >= 0.3 is 0 Å². The SMILES string of the molecule is Cc1ccc(COc2c(Cl)cc(Cl)cc2CNCCCO)cc1. The van der Waals surface area contributed by atoms with Gasteiger partial charge in [0, 0.05) is 23.7 Å². The molecular weight excluding hydrogens is 333 g/mol. The van der Waals surface area contributed by atoms with Crippen LogP contribution in [0.2, 0.25) is 10.0 Å². The van der Waals surface area contributed by atoms with E-state index in [1.54, 1.807) is 6.07 Å². The van der Waals surface area contributed by atoms with Crippen molar-refractivity contribution in [2.75, 3.05) is 13.2 Å². The maximum absolute atomic E-state index is 8.83. The summed E-state index contributed by atoms with van der Waals surface area (Å²) in [6.07, 6.45) is 0.702. The Hall–Kier alpha value is -1.26. The number of aliphatic hydroxyl groups excluding tert-OH is 1. The van der Waals surface area contributed by atoms with Gasteiger partial charge in [-0.25, -0.2) is 0 Å². The highest BCUT2D eigenvalue weighted by Crippen LogP contribution is 2.33. The van der Waals surface area contributed by atoms with Gasteiger partial charge in [0.1, 0.15) is 12.4 Å². The predicted octanol–water partition coefficient (Wildman–Crippen LogP) is 4.35. The van der Waals surface area contributed by atoms with Crippen molar-refractivity contribution >= 4 is 23.2 Å². The molecule has 124 valence electrons. The Morgan fingerprint density at radius 2 is 1.87 bits per heavy atom. The first-order valence-corrected chi connectivity index (χ1v) is 8.33. The zero-order valence-electron chi connectivity index (χ0n) is 13.1. The highest BCUT2D eigenvalue weighted by Gasteiger charge is 2.11. The van der Waals surface area contributed by atoms with Crippen LogP contribution in [0, 0.1) is 6.92 Å². The molecule has 0 spiro atoms. The number of rotatable bonds is 8. The summed E-state index contributed by atoms with van der Waals surface area (Å²) in [4.78, 5) is 0. The van der Waals surface area contributed by atoms with Crippen LogP contribution in [-0.4, -0.2) is 18.3 Å². The first kappa shape index (κ1) is 18.1. The van der Waals surface area contributed by atoms with Gasteiger partial charge in [-0.1, -0.05) is 53.0 Å². The summed E-state index contributed by atoms with van der Waals surface area (Å²) in [5.74, 6) is 0.646. The fraction of sp³-hybridized carbons (Fsp3) is 0.333. The summed E-state index contributed by atoms with van der Waals surface area (Å²) >= 11 is 12.4. The molecule has 0 heterocycles. The van der Waals surface area contributed by atoms with Gasteiger partial charge in [0.15, 0.2) is 0 Å². The van der Waals surface area contributed by atoms with Crippen LogP contribution in [0.25, 0.3) is 0 Å². The second kappa shape index (κ2) is 9.14. The molecule has 0 aliphatic heterocycles. The molecule has 0 saturated heterocycles. The van der Waals surface area contributed by atoms with Crippen molar-refractivity contribution < 1.29 is 9.84 Å². The quantitative estimate of drug-likeness (QED) is 0.693. The molecule has 23 heavy (non-hydrogen) atoms. The van der Waals surface area contributed by atoms with Crippen molar-refractivity contribution in [2.24, 2.45) is 0 Å². The van der Waals surface area contributed by atoms with Crippen molar-refractivity contribution in [2.45, 2.75) is 26.5 Å². The lowest BCUT2D eigenvalue weighted by Gasteiger charge is -2.15. The van der Waals surface area contributed by atoms with E-state index in [1.807, 2.05) is 18.2 Å². The second-order valence-corrected chi connectivity index (χ2v) is 6.25. The largest absolute Gasteiger partial charge is 0.487 e. The summed E-state index contributed by atoms with van der Waals surface area (Å²) in [5.41, 5.74) is 3.21. The molecular formula is C18H21Cl2NO2. The van der Waals surface area contributed by atoms with E-state index in [4.69, 9.17) is 33.0 Å². The van der Waals surface area contributed by atoms with Crippen LogP contribution in [0.5, 0.6) is 5.75 Å². The average Bonchev–Trinajstić information content (AvgIpc) is 2.52. The fourth-order valence-electron chi connectivity index (χ4n) is 2.17. The predicted molar refractivity (Wildman–Crippen MR) is 95.4 cm³/mol. The summed E-state index contributed by atoms with van der Waals surface area (Å²) in [7, 11) is 0. The van der Waals surface area contributed by atoms with Crippen LogP contribution in [0.1, 0.15) is 23.1 Å². The molecule has 2 N–H and O–H groups in total. The van der Waals surface area contributed by atoms with E-state index < -0.39 is 0 Å². The molecule has 5 heteroatoms. The lowest BCUT2D eigenvalue weighted by Crippen LogP contribution is -2.16. The molecule has 0 saturated carbocycles. The van der Waals surface area contributed by atoms with E-state index in [0.717, 1.165) is 17.7 Å². The van der Waals surface area contributed by atoms with Crippen molar-refractivity contribution in [3.05, 3.63) is 63.1 Å². The number of halogens is 2. The molecule has 0 aromatic heterocycles. The van der Waals surface area contributed by atoms with Crippen molar-refractivity contribution in [3.63, 3.8) is 0 Å². The molecule has 0 unspecified atom stereocenters. The van der Waals surface area contributed by atoms with Crippen LogP contribution < -0.4 is 10.1 Å². The number of aliphatic hydroxyl groups is 1. The van der Waals surface area contributed by atoms with Crippen LogP contribution >= 0.6 is 23.2 Å². The Morgan fingerprint density at radius 1 is 1.13 bits per heavy atom. The molecule has 0 aliphatic rings. The minimum Gasteiger partial charge on any atom is -0.487 e. The Labute approximate surface area is 147 Å². The van der Waals surface area contributed by atoms with E-state index in [2.05, 4.69) is 24.4 Å². The summed E-state index contributed by atoms with van der Waals surface area (Å²) in [6, 6.07) is 11.7. The number of aryl methyl sites for hydroxylation is 1. The minimum absolute atomic E-state index is 0.167. The molecule has 0 radical (unpaired) electrons. The van der Waals surface area contributed by atoms with Gasteiger partial charge in [-0.05, 0) is 37.6 Å². The van der Waals surface area contributed by atoms with Crippen molar-refractivity contribution in [3.8, 4) is 5.75 Å². The standard InChI is InChI=1S/C18H21Cl2NO2/c1-13-3-5-14(6-4-13)12-23-18-15(11-21-7-2-8-22)9-16(19)10-17(18)20/h3-6,9-10,21-22H,2,7-8,11-12H2,1H3. The fourth-order valence-corrected chi connectivity index (χ4v) is 2.76. The molecule has 3 nitrogen and oxygen atoms in total. The van der Waals surface area contributed by atoms with Crippen LogP contribution in [0.4, 0.5) is 0 Å². The van der Waals surface area contributed by atoms with Gasteiger partial charge in [0.2, 0.25) is 0 Å². The Kier molecular flexibility index (Phi) is 7.18. The van der Waals surface area contributed by atoms with Gasteiger partial charge in [0.05, 0.1) is 5.02 Å². The van der Waals surface area contributed by atoms with E-state index in [1.165, 1.54) is 5.56 Å². The maximum Gasteiger partial charge on any atom is 0.142 e. The van der Waals surface area contributed by atoms with E-state index in [0.29, 0.717) is 35.4 Å². The lowest BCUT2D eigenvalue weighted by atomic mass is 10.1. The van der Waals surface area contributed by atoms with Gasteiger partial charge in [0.25, 0.3) is 0 Å². The van der Waals surface area contributed by atoms with Gasteiger partial charge < -0.3 is 15.2 Å². The topological polar surface area (TPSA) is 41.5 Å². The van der Waals surface area contributed by atoms with Gasteiger partial charge in [-0.2, -0.15) is 0 Å². The first-order chi connectivity index (χ1) is 11.1. The lowest BCUT2D eigenvalue weighted by molar-refractivity contribution is 0.285. The smallest absolute Gasteiger partial charge is 0.142 e. The Bertz CT molecular complexity index is 630. The molecule has 0 atom stereocenters. The average molecular weight is 354 g/mol. The number of benzene rings is 2. The van der Waals surface area contributed by atoms with Crippen LogP contribution in [-0.2, 0) is 13.2 Å². The zero-order valence-corrected chi connectivity index (χ0v) is 14.6. The van der Waals surface area contributed by atoms with Gasteiger partial charge in [-0.3, -0.25) is 0 Å². The van der Waals surface area contributed by atoms with Crippen molar-refractivity contribution in [1.29, 1.82) is 0 Å². The van der Waals surface area contributed by atoms with Crippen LogP contribution in [0.3, 0.4) is 0 Å². The third-order valence-electron chi connectivity index (χ3n) is 3.42. The maximum atomic E-state index is 8.83. The van der Waals surface area contributed by atoms with E-state index >= 15 is 0 Å². The number of ether oxygens (including phenoxy) is 1. The molecule has 0 aliphatic carbocycles. The van der Waals surface area contributed by atoms with Gasteiger partial charge in [-0.15, -0.1) is 0 Å². The van der Waals surface area contributed by atoms with E-state index in [9.17, 15) is 0 Å². The summed E-state index contributed by atoms with van der Waals surface area (Å²) in [6.45, 7) is 3.98. The number of hydrogen-bond donors (Lipinski definition) is 2. The third-order valence-corrected chi connectivity index (χ3v) is 3.92. The number of nitrogens with one attached hydrogen (secondary N) is 1.